The quantitative estimate of drug-likeness (QED) is 0.359. The van der Waals surface area contributed by atoms with Crippen molar-refractivity contribution in [3.8, 4) is 0 Å². The van der Waals surface area contributed by atoms with Gasteiger partial charge in [-0.15, -0.1) is 0 Å². The summed E-state index contributed by atoms with van der Waals surface area (Å²) in [4.78, 5) is 28.5. The standard InChI is InChI=1S/C28H21ClN2O2/c1-17-10-15-22(16-18(17)2)31-27(32)25(20-11-13-21(29)14-12-20)26(28(31)33)30-24-9-5-7-19-6-3-4-8-23(19)24/h3-16,30H,1-2H3. The molecule has 1 heterocycles. The summed E-state index contributed by atoms with van der Waals surface area (Å²) in [7, 11) is 0. The third-order valence-corrected chi connectivity index (χ3v) is 6.27. The Morgan fingerprint density at radius 2 is 1.48 bits per heavy atom. The molecule has 0 saturated heterocycles. The number of halogens is 1. The number of imide groups is 1. The van der Waals surface area contributed by atoms with Crippen LogP contribution < -0.4 is 10.2 Å². The van der Waals surface area contributed by atoms with Gasteiger partial charge in [0, 0.05) is 16.1 Å². The number of aryl methyl sites for hydroxylation is 2. The summed E-state index contributed by atoms with van der Waals surface area (Å²) in [6, 6.07) is 26.3. The molecule has 4 nitrogen and oxygen atoms in total. The molecular weight excluding hydrogens is 432 g/mol. The number of benzene rings is 4. The lowest BCUT2D eigenvalue weighted by Crippen LogP contribution is -2.32. The zero-order chi connectivity index (χ0) is 23.1. The third kappa shape index (κ3) is 3.69. The maximum atomic E-state index is 13.7. The molecule has 0 spiro atoms. The van der Waals surface area contributed by atoms with Gasteiger partial charge in [-0.1, -0.05) is 66.2 Å². The van der Waals surface area contributed by atoms with Crippen LogP contribution in [-0.2, 0) is 9.59 Å². The highest BCUT2D eigenvalue weighted by atomic mass is 35.5. The number of nitrogens with zero attached hydrogens (tertiary/aromatic N) is 1. The van der Waals surface area contributed by atoms with E-state index in [1.54, 1.807) is 30.3 Å². The highest BCUT2D eigenvalue weighted by Gasteiger charge is 2.40. The molecule has 4 aromatic carbocycles. The van der Waals surface area contributed by atoms with Crippen molar-refractivity contribution in [2.24, 2.45) is 0 Å². The highest BCUT2D eigenvalue weighted by Crippen LogP contribution is 2.36. The molecule has 1 aliphatic heterocycles. The van der Waals surface area contributed by atoms with Gasteiger partial charge in [0.25, 0.3) is 11.8 Å². The Hall–Kier alpha value is -3.89. The van der Waals surface area contributed by atoms with E-state index in [1.807, 2.05) is 68.4 Å². The van der Waals surface area contributed by atoms with Crippen LogP contribution in [-0.4, -0.2) is 11.8 Å². The first kappa shape index (κ1) is 21.0. The van der Waals surface area contributed by atoms with Gasteiger partial charge in [-0.05, 0) is 66.3 Å². The van der Waals surface area contributed by atoms with Gasteiger partial charge in [-0.2, -0.15) is 0 Å². The SMILES string of the molecule is Cc1ccc(N2C(=O)C(Nc3cccc4ccccc34)=C(c3ccc(Cl)cc3)C2=O)cc1C. The van der Waals surface area contributed by atoms with Gasteiger partial charge in [-0.25, -0.2) is 4.90 Å². The van der Waals surface area contributed by atoms with Crippen molar-refractivity contribution in [2.75, 3.05) is 10.2 Å². The molecule has 0 radical (unpaired) electrons. The van der Waals surface area contributed by atoms with Crippen molar-refractivity contribution < 1.29 is 9.59 Å². The van der Waals surface area contributed by atoms with Gasteiger partial charge in [0.1, 0.15) is 5.70 Å². The smallest absolute Gasteiger partial charge is 0.282 e. The molecule has 5 rings (SSSR count). The first-order valence-electron chi connectivity index (χ1n) is 10.6. The number of hydrogen-bond acceptors (Lipinski definition) is 3. The molecule has 0 bridgehead atoms. The topological polar surface area (TPSA) is 49.4 Å². The first-order chi connectivity index (χ1) is 15.9. The Labute approximate surface area is 197 Å². The van der Waals surface area contributed by atoms with Crippen LogP contribution in [0.1, 0.15) is 16.7 Å². The Kier molecular flexibility index (Phi) is 5.23. The van der Waals surface area contributed by atoms with Crippen molar-refractivity contribution in [3.63, 3.8) is 0 Å². The number of carbonyl (C=O) groups is 2. The van der Waals surface area contributed by atoms with E-state index in [4.69, 9.17) is 11.6 Å². The molecule has 0 aromatic heterocycles. The van der Waals surface area contributed by atoms with Crippen molar-refractivity contribution >= 4 is 51.1 Å². The lowest BCUT2D eigenvalue weighted by Gasteiger charge is -2.17. The number of nitrogens with one attached hydrogen (secondary N) is 1. The van der Waals surface area contributed by atoms with Crippen molar-refractivity contribution in [1.29, 1.82) is 0 Å². The van der Waals surface area contributed by atoms with Crippen LogP contribution in [0.2, 0.25) is 5.02 Å². The second-order valence-corrected chi connectivity index (χ2v) is 8.56. The second-order valence-electron chi connectivity index (χ2n) is 8.12. The molecule has 33 heavy (non-hydrogen) atoms. The molecule has 0 unspecified atom stereocenters. The Morgan fingerprint density at radius 3 is 2.24 bits per heavy atom. The molecule has 0 aliphatic carbocycles. The number of rotatable bonds is 4. The molecule has 0 saturated carbocycles. The van der Waals surface area contributed by atoms with E-state index in [2.05, 4.69) is 5.32 Å². The minimum absolute atomic E-state index is 0.247. The summed E-state index contributed by atoms with van der Waals surface area (Å²) >= 11 is 6.08. The molecular formula is C28H21ClN2O2. The molecule has 0 fully saturated rings. The maximum Gasteiger partial charge on any atom is 0.282 e. The Bertz CT molecular complexity index is 1450. The minimum atomic E-state index is -0.388. The van der Waals surface area contributed by atoms with E-state index in [-0.39, 0.29) is 17.5 Å². The average Bonchev–Trinajstić information content (AvgIpc) is 3.06. The summed E-state index contributed by atoms with van der Waals surface area (Å²) in [5.74, 6) is -0.755. The van der Waals surface area contributed by atoms with Crippen LogP contribution in [0.4, 0.5) is 11.4 Å². The summed E-state index contributed by atoms with van der Waals surface area (Å²) in [6.07, 6.45) is 0. The first-order valence-corrected chi connectivity index (χ1v) is 11.0. The van der Waals surface area contributed by atoms with Gasteiger partial charge < -0.3 is 5.32 Å². The molecule has 4 aromatic rings. The van der Waals surface area contributed by atoms with E-state index in [0.29, 0.717) is 21.8 Å². The fourth-order valence-corrected chi connectivity index (χ4v) is 4.22. The van der Waals surface area contributed by atoms with E-state index < -0.39 is 0 Å². The van der Waals surface area contributed by atoms with Crippen LogP contribution in [0.3, 0.4) is 0 Å². The van der Waals surface area contributed by atoms with Crippen LogP contribution in [0.25, 0.3) is 16.3 Å². The van der Waals surface area contributed by atoms with Crippen LogP contribution >= 0.6 is 11.6 Å². The number of hydrogen-bond donors (Lipinski definition) is 1. The van der Waals surface area contributed by atoms with Crippen molar-refractivity contribution in [1.82, 2.24) is 0 Å². The van der Waals surface area contributed by atoms with Crippen LogP contribution in [0.5, 0.6) is 0 Å². The van der Waals surface area contributed by atoms with E-state index in [9.17, 15) is 9.59 Å². The zero-order valence-electron chi connectivity index (χ0n) is 18.2. The van der Waals surface area contributed by atoms with E-state index in [0.717, 1.165) is 27.6 Å². The van der Waals surface area contributed by atoms with Crippen LogP contribution in [0, 0.1) is 13.8 Å². The lowest BCUT2D eigenvalue weighted by molar-refractivity contribution is -0.120. The van der Waals surface area contributed by atoms with Gasteiger partial charge in [0.15, 0.2) is 0 Å². The van der Waals surface area contributed by atoms with Crippen molar-refractivity contribution in [3.05, 3.63) is 112 Å². The molecule has 1 N–H and O–H groups in total. The molecule has 0 atom stereocenters. The molecule has 5 heteroatoms. The largest absolute Gasteiger partial charge is 0.350 e. The monoisotopic (exact) mass is 452 g/mol. The normalized spacial score (nSPS) is 13.8. The van der Waals surface area contributed by atoms with Crippen LogP contribution in [0.15, 0.2) is 90.6 Å². The maximum absolute atomic E-state index is 13.7. The van der Waals surface area contributed by atoms with Gasteiger partial charge in [0.05, 0.1) is 11.3 Å². The van der Waals surface area contributed by atoms with Gasteiger partial charge in [-0.3, -0.25) is 9.59 Å². The average molecular weight is 453 g/mol. The predicted molar refractivity (Wildman–Crippen MR) is 134 cm³/mol. The van der Waals surface area contributed by atoms with E-state index >= 15 is 0 Å². The van der Waals surface area contributed by atoms with Crippen molar-refractivity contribution in [2.45, 2.75) is 13.8 Å². The minimum Gasteiger partial charge on any atom is -0.350 e. The zero-order valence-corrected chi connectivity index (χ0v) is 19.0. The molecule has 162 valence electrons. The number of amides is 2. The number of fused-ring (bicyclic) bond motifs is 1. The Balaban J connectivity index is 1.66. The summed E-state index contributed by atoms with van der Waals surface area (Å²) in [6.45, 7) is 3.96. The van der Waals surface area contributed by atoms with E-state index in [1.165, 1.54) is 4.90 Å². The predicted octanol–water partition coefficient (Wildman–Crippen LogP) is 6.51. The fourth-order valence-electron chi connectivity index (χ4n) is 4.10. The number of carbonyl (C=O) groups excluding carboxylic acids is 2. The molecule has 1 aliphatic rings. The summed E-state index contributed by atoms with van der Waals surface area (Å²) in [5, 5.41) is 5.85. The second kappa shape index (κ2) is 8.23. The van der Waals surface area contributed by atoms with Gasteiger partial charge >= 0.3 is 0 Å². The van der Waals surface area contributed by atoms with Gasteiger partial charge in [0.2, 0.25) is 0 Å². The fraction of sp³-hybridized carbons (Fsp3) is 0.0714. The summed E-state index contributed by atoms with van der Waals surface area (Å²) < 4.78 is 0. The molecule has 2 amide bonds. The lowest BCUT2D eigenvalue weighted by atomic mass is 10.0. The highest BCUT2D eigenvalue weighted by molar-refractivity contribution is 6.46. The Morgan fingerprint density at radius 1 is 0.758 bits per heavy atom. The number of anilines is 2. The third-order valence-electron chi connectivity index (χ3n) is 6.01. The summed E-state index contributed by atoms with van der Waals surface area (Å²) in [5.41, 5.74) is 4.62.